The van der Waals surface area contributed by atoms with Crippen LogP contribution in [0.2, 0.25) is 0 Å². The van der Waals surface area contributed by atoms with Crippen LogP contribution in [0.15, 0.2) is 30.6 Å². The summed E-state index contributed by atoms with van der Waals surface area (Å²) in [4.78, 5) is 4.82. The van der Waals surface area contributed by atoms with Crippen LogP contribution in [0, 0.1) is 0 Å². The summed E-state index contributed by atoms with van der Waals surface area (Å²) in [6.07, 6.45) is 2.54. The van der Waals surface area contributed by atoms with Gasteiger partial charge in [0.1, 0.15) is 0 Å². The molecule has 14 heavy (non-hydrogen) atoms. The number of benzene rings is 1. The molecule has 0 bridgehead atoms. The minimum atomic E-state index is 0.544. The van der Waals surface area contributed by atoms with Crippen molar-refractivity contribution in [2.24, 2.45) is 5.73 Å². The predicted molar refractivity (Wildman–Crippen MR) is 61.1 cm³/mol. The summed E-state index contributed by atoms with van der Waals surface area (Å²) in [6.45, 7) is 0.801. The molecule has 0 atom stereocenters. The Hall–Kier alpha value is -1.42. The van der Waals surface area contributed by atoms with Gasteiger partial charge in [0.15, 0.2) is 0 Å². The molecule has 0 unspecified atom stereocenters. The molecule has 0 radical (unpaired) electrons. The van der Waals surface area contributed by atoms with E-state index in [1.54, 1.807) is 0 Å². The molecule has 4 heteroatoms. The molecule has 2 N–H and O–H groups in total. The number of hydrogen-bond acceptors (Lipinski definition) is 2. The molecule has 0 aliphatic rings. The molecule has 0 aliphatic heterocycles. The zero-order valence-corrected chi connectivity index (χ0v) is 8.50. The lowest BCUT2D eigenvalue weighted by Crippen LogP contribution is -2.11. The van der Waals surface area contributed by atoms with E-state index in [1.807, 2.05) is 30.6 Å². The lowest BCUT2D eigenvalue weighted by molar-refractivity contribution is 0.748. The fourth-order valence-electron chi connectivity index (χ4n) is 1.42. The van der Waals surface area contributed by atoms with Crippen molar-refractivity contribution in [3.63, 3.8) is 0 Å². The summed E-state index contributed by atoms with van der Waals surface area (Å²) in [7, 11) is 0. The van der Waals surface area contributed by atoms with Crippen molar-refractivity contribution in [1.29, 1.82) is 0 Å². The van der Waals surface area contributed by atoms with Gasteiger partial charge in [-0.15, -0.1) is 0 Å². The summed E-state index contributed by atoms with van der Waals surface area (Å²) in [5.74, 6) is 0. The number of nitrogens with two attached hydrogens (primary N) is 1. The number of thiocarbonyl (C=S) groups is 1. The number of aromatic nitrogens is 2. The number of imidazole rings is 1. The lowest BCUT2D eigenvalue weighted by atomic mass is 10.3. The van der Waals surface area contributed by atoms with E-state index in [2.05, 4.69) is 9.55 Å². The Morgan fingerprint density at radius 3 is 3.00 bits per heavy atom. The number of aryl methyl sites for hydroxylation is 1. The Morgan fingerprint density at radius 1 is 1.43 bits per heavy atom. The molecule has 0 saturated carbocycles. The van der Waals surface area contributed by atoms with Crippen LogP contribution in [0.4, 0.5) is 0 Å². The Labute approximate surface area is 87.5 Å². The number of hydrogen-bond donors (Lipinski definition) is 1. The van der Waals surface area contributed by atoms with E-state index in [9.17, 15) is 0 Å². The fourth-order valence-corrected chi connectivity index (χ4v) is 1.51. The molecule has 0 aliphatic carbocycles. The van der Waals surface area contributed by atoms with Gasteiger partial charge in [0.2, 0.25) is 0 Å². The normalized spacial score (nSPS) is 10.6. The molecular weight excluding hydrogens is 194 g/mol. The van der Waals surface area contributed by atoms with Gasteiger partial charge in [-0.3, -0.25) is 0 Å². The molecule has 1 aromatic heterocycles. The van der Waals surface area contributed by atoms with E-state index in [0.717, 1.165) is 24.0 Å². The maximum Gasteiger partial charge on any atom is 0.0958 e. The summed E-state index contributed by atoms with van der Waals surface area (Å²) in [5.41, 5.74) is 7.59. The Balaban J connectivity index is 2.29. The SMILES string of the molecule is NC(=S)CCn1cnc2ccccc21. The highest BCUT2D eigenvalue weighted by atomic mass is 32.1. The zero-order valence-electron chi connectivity index (χ0n) is 7.68. The number of nitrogens with zero attached hydrogens (tertiary/aromatic N) is 2. The van der Waals surface area contributed by atoms with Crippen molar-refractivity contribution in [3.05, 3.63) is 30.6 Å². The summed E-state index contributed by atoms with van der Waals surface area (Å²) >= 11 is 4.84. The average molecular weight is 205 g/mol. The molecule has 72 valence electrons. The van der Waals surface area contributed by atoms with Crippen molar-refractivity contribution < 1.29 is 0 Å². The largest absolute Gasteiger partial charge is 0.393 e. The third-order valence-electron chi connectivity index (χ3n) is 2.13. The van der Waals surface area contributed by atoms with Crippen LogP contribution in [0.5, 0.6) is 0 Å². The third kappa shape index (κ3) is 1.75. The number of para-hydroxylation sites is 2. The lowest BCUT2D eigenvalue weighted by Gasteiger charge is -2.02. The molecule has 0 spiro atoms. The molecule has 2 aromatic rings. The second-order valence-electron chi connectivity index (χ2n) is 3.14. The van der Waals surface area contributed by atoms with Gasteiger partial charge in [-0.1, -0.05) is 24.4 Å². The van der Waals surface area contributed by atoms with Gasteiger partial charge in [-0.25, -0.2) is 4.98 Å². The Bertz CT molecular complexity index is 461. The number of rotatable bonds is 3. The van der Waals surface area contributed by atoms with Crippen molar-refractivity contribution in [2.45, 2.75) is 13.0 Å². The van der Waals surface area contributed by atoms with Crippen LogP contribution in [0.1, 0.15) is 6.42 Å². The van der Waals surface area contributed by atoms with E-state index >= 15 is 0 Å². The summed E-state index contributed by atoms with van der Waals surface area (Å²) in [5, 5.41) is 0. The molecule has 2 rings (SSSR count). The molecule has 0 fully saturated rings. The second kappa shape index (κ2) is 3.75. The van der Waals surface area contributed by atoms with Gasteiger partial charge >= 0.3 is 0 Å². The van der Waals surface area contributed by atoms with Gasteiger partial charge in [-0.05, 0) is 12.1 Å². The van der Waals surface area contributed by atoms with E-state index in [1.165, 1.54) is 0 Å². The minimum Gasteiger partial charge on any atom is -0.393 e. The van der Waals surface area contributed by atoms with Crippen molar-refractivity contribution >= 4 is 28.2 Å². The highest BCUT2D eigenvalue weighted by Crippen LogP contribution is 2.11. The first-order valence-electron chi connectivity index (χ1n) is 4.45. The van der Waals surface area contributed by atoms with Crippen LogP contribution < -0.4 is 5.73 Å². The molecule has 3 nitrogen and oxygen atoms in total. The van der Waals surface area contributed by atoms with E-state index < -0.39 is 0 Å². The molecular formula is C10H11N3S. The first-order valence-corrected chi connectivity index (χ1v) is 4.86. The van der Waals surface area contributed by atoms with Crippen molar-refractivity contribution in [2.75, 3.05) is 0 Å². The highest BCUT2D eigenvalue weighted by Gasteiger charge is 2.00. The van der Waals surface area contributed by atoms with Crippen LogP contribution in [-0.2, 0) is 6.54 Å². The maximum absolute atomic E-state index is 5.45. The first-order chi connectivity index (χ1) is 6.77. The van der Waals surface area contributed by atoms with E-state index in [0.29, 0.717) is 4.99 Å². The van der Waals surface area contributed by atoms with Gasteiger partial charge in [0.05, 0.1) is 22.3 Å². The zero-order chi connectivity index (χ0) is 9.97. The van der Waals surface area contributed by atoms with Crippen molar-refractivity contribution in [1.82, 2.24) is 9.55 Å². The van der Waals surface area contributed by atoms with E-state index in [4.69, 9.17) is 18.0 Å². The van der Waals surface area contributed by atoms with Crippen molar-refractivity contribution in [3.8, 4) is 0 Å². The quantitative estimate of drug-likeness (QED) is 0.776. The second-order valence-corrected chi connectivity index (χ2v) is 3.67. The van der Waals surface area contributed by atoms with Gasteiger partial charge in [0.25, 0.3) is 0 Å². The smallest absolute Gasteiger partial charge is 0.0958 e. The maximum atomic E-state index is 5.45. The van der Waals surface area contributed by atoms with Crippen LogP contribution >= 0.6 is 12.2 Å². The molecule has 0 saturated heterocycles. The van der Waals surface area contributed by atoms with Crippen LogP contribution in [0.25, 0.3) is 11.0 Å². The Morgan fingerprint density at radius 2 is 2.21 bits per heavy atom. The average Bonchev–Trinajstić information content (AvgIpc) is 2.58. The molecule has 0 amide bonds. The van der Waals surface area contributed by atoms with Gasteiger partial charge in [-0.2, -0.15) is 0 Å². The Kier molecular flexibility index (Phi) is 2.45. The predicted octanol–water partition coefficient (Wildman–Crippen LogP) is 1.71. The standard InChI is InChI=1S/C10H11N3S/c11-10(14)5-6-13-7-12-8-3-1-2-4-9(8)13/h1-4,7H,5-6H2,(H2,11,14). The van der Waals surface area contributed by atoms with Crippen LogP contribution in [0.3, 0.4) is 0 Å². The first kappa shape index (κ1) is 9.15. The highest BCUT2D eigenvalue weighted by molar-refractivity contribution is 7.80. The van der Waals surface area contributed by atoms with Gasteiger partial charge < -0.3 is 10.3 Å². The minimum absolute atomic E-state index is 0.544. The molecule has 1 aromatic carbocycles. The third-order valence-corrected chi connectivity index (χ3v) is 2.33. The topological polar surface area (TPSA) is 43.8 Å². The summed E-state index contributed by atoms with van der Waals surface area (Å²) < 4.78 is 2.06. The van der Waals surface area contributed by atoms with E-state index in [-0.39, 0.29) is 0 Å². The monoisotopic (exact) mass is 205 g/mol. The molecule has 1 heterocycles. The number of fused-ring (bicyclic) bond motifs is 1. The van der Waals surface area contributed by atoms with Gasteiger partial charge in [0, 0.05) is 13.0 Å². The summed E-state index contributed by atoms with van der Waals surface area (Å²) in [6, 6.07) is 8.02. The fraction of sp³-hybridized carbons (Fsp3) is 0.200. The van der Waals surface area contributed by atoms with Crippen LogP contribution in [-0.4, -0.2) is 14.5 Å².